The third kappa shape index (κ3) is 64.7. The monoisotopic (exact) mass is 2040 g/mol. The second-order valence-electron chi connectivity index (χ2n) is 30.7. The number of ketones is 1. The summed E-state index contributed by atoms with van der Waals surface area (Å²) in [6.07, 6.45) is -17.3. The normalized spacial score (nSPS) is 13.9. The van der Waals surface area contributed by atoms with E-state index in [2.05, 4.69) is 0 Å². The fraction of sp³-hybridized carbons (Fsp3) is 0.659. The van der Waals surface area contributed by atoms with Crippen molar-refractivity contribution < 1.29 is 243 Å². The predicted molar refractivity (Wildman–Crippen MR) is 471 cm³/mol. The minimum Gasteiger partial charge on any atom is -0.491 e. The Morgan fingerprint density at radius 2 is 0.317 bits per heavy atom. The Balaban J connectivity index is 3.31. The molecule has 0 aromatic heterocycles. The summed E-state index contributed by atoms with van der Waals surface area (Å²) in [6.45, 7) is 6.00. The summed E-state index contributed by atoms with van der Waals surface area (Å²) in [7, 11) is 0. The van der Waals surface area contributed by atoms with Crippen LogP contribution < -0.4 is 18.9 Å². The first-order valence-electron chi connectivity index (χ1n) is 44.2. The molecular weight excluding hydrogens is 1910 g/mol. The Labute approximate surface area is 818 Å². The number of esters is 18. The summed E-state index contributed by atoms with van der Waals surface area (Å²) in [6, 6.07) is 7.39. The minimum absolute atomic E-state index is 0.138. The molecule has 0 heterocycles. The zero-order chi connectivity index (χ0) is 106. The van der Waals surface area contributed by atoms with Crippen LogP contribution in [0.4, 0.5) is 0 Å². The van der Waals surface area contributed by atoms with Crippen LogP contribution in [0.1, 0.15) is 141 Å². The van der Waals surface area contributed by atoms with E-state index in [-0.39, 0.29) is 40.7 Å². The molecule has 0 aliphatic carbocycles. The van der Waals surface area contributed by atoms with E-state index in [1.165, 1.54) is 36.4 Å². The number of carbonyl (C=O) groups excluding carboxylic acids is 19. The molecule has 800 valence electrons. The molecule has 0 saturated carbocycles. The Kier molecular flexibility index (Phi) is 63.4. The molecule has 0 spiro atoms. The molecule has 0 amide bonds. The van der Waals surface area contributed by atoms with Crippen molar-refractivity contribution >= 4 is 113 Å². The van der Waals surface area contributed by atoms with E-state index in [4.69, 9.17) is 152 Å². The highest BCUT2D eigenvalue weighted by Gasteiger charge is 2.32. The molecule has 14 unspecified atom stereocenters. The van der Waals surface area contributed by atoms with E-state index >= 15 is 4.79 Å². The number of carbonyl (C=O) groups is 19. The fourth-order valence-corrected chi connectivity index (χ4v) is 11.4. The van der Waals surface area contributed by atoms with Crippen molar-refractivity contribution in [2.75, 3.05) is 185 Å². The topological polar surface area (TPSA) is 620 Å². The zero-order valence-corrected chi connectivity index (χ0v) is 82.7. The van der Waals surface area contributed by atoms with E-state index in [9.17, 15) is 86.3 Å². The lowest BCUT2D eigenvalue weighted by atomic mass is 10.0. The van der Waals surface area contributed by atoms with Crippen LogP contribution in [0.25, 0.3) is 0 Å². The van der Waals surface area contributed by atoms with Crippen LogP contribution in [-0.4, -0.2) is 384 Å². The van der Waals surface area contributed by atoms with Gasteiger partial charge in [0.1, 0.15) is 133 Å². The Hall–Kier alpha value is -12.6. The van der Waals surface area contributed by atoms with Crippen LogP contribution in [0.15, 0.2) is 36.4 Å². The lowest BCUT2D eigenvalue weighted by molar-refractivity contribution is -0.169. The summed E-state index contributed by atoms with van der Waals surface area (Å²) in [5.74, 6) is -15.9. The third-order valence-electron chi connectivity index (χ3n) is 16.9. The lowest BCUT2D eigenvalue weighted by Crippen LogP contribution is -2.38. The number of benzene rings is 2. The quantitative estimate of drug-likeness (QED) is 0.0518. The highest BCUT2D eigenvalue weighted by Crippen LogP contribution is 2.34. The van der Waals surface area contributed by atoms with Crippen molar-refractivity contribution in [2.24, 2.45) is 0 Å². The predicted octanol–water partition coefficient (Wildman–Crippen LogP) is 1.89. The van der Waals surface area contributed by atoms with Gasteiger partial charge in [0.05, 0.1) is 117 Å². The van der Waals surface area contributed by atoms with Crippen LogP contribution in [0.3, 0.4) is 0 Å². The van der Waals surface area contributed by atoms with E-state index < -0.39 is 377 Å². The molecule has 2 rings (SSSR count). The fourth-order valence-electron chi connectivity index (χ4n) is 11.4. The largest absolute Gasteiger partial charge is 0.491 e. The van der Waals surface area contributed by atoms with Gasteiger partial charge < -0.3 is 152 Å². The van der Waals surface area contributed by atoms with Gasteiger partial charge >= 0.3 is 107 Å². The van der Waals surface area contributed by atoms with Gasteiger partial charge in [0.15, 0.2) is 60.7 Å². The first-order chi connectivity index (χ1) is 67.1. The molecule has 0 N–H and O–H groups in total. The number of hydrogen-bond donors (Lipinski definition) is 0. The summed E-state index contributed by atoms with van der Waals surface area (Å²) in [5.41, 5.74) is -0.710. The van der Waals surface area contributed by atoms with Gasteiger partial charge in [-0.25, -0.2) is 0 Å². The first-order valence-corrected chi connectivity index (χ1v) is 44.2. The summed E-state index contributed by atoms with van der Waals surface area (Å²) >= 11 is 0. The second-order valence-corrected chi connectivity index (χ2v) is 30.7. The average molecular weight is 2040 g/mol. The van der Waals surface area contributed by atoms with Crippen molar-refractivity contribution in [1.29, 1.82) is 0 Å². The Morgan fingerprint density at radius 1 is 0.169 bits per heavy atom. The summed E-state index contributed by atoms with van der Waals surface area (Å²) in [4.78, 5) is 235. The van der Waals surface area contributed by atoms with E-state index in [0.717, 1.165) is 125 Å². The molecular formula is C91H130O51. The standard InChI is InChI=1S/C91H130O51/c1-53(92)117-37-76(130-51-86(142-70(18)109)48-124-60(8)99)40-128-73(25-111-30-78(134-62(10)101)42-118-54(2)93)38-125-71-19-21-88(90(23-71)132-52-84(140-68(16)107)36-115-29-77(133-61(9)100)28-114-33-81(137-65(13)104)45-121-57(5)96)91(110)87-22-20-72(126-49-83(139-67(15)106)35-116-34-82(138-66(14)105)46-122-58(6)97)24-89(87)131-41-75(27-113-32-80(136-64(12)103)44-120-56(4)95)127-39-74(129-50-85(141-69(17)108)47-123-59(7)98)26-112-31-79(135-63(11)102)43-119-55(3)94/h19-24,73-86H,25-52H2,1-18H3. The van der Waals surface area contributed by atoms with Gasteiger partial charge in [0.2, 0.25) is 0 Å². The van der Waals surface area contributed by atoms with Gasteiger partial charge in [-0.15, -0.1) is 0 Å². The van der Waals surface area contributed by atoms with E-state index in [0.29, 0.717) is 0 Å². The molecule has 0 radical (unpaired) electrons. The second kappa shape index (κ2) is 71.7. The van der Waals surface area contributed by atoms with Crippen LogP contribution in [0, 0.1) is 0 Å². The van der Waals surface area contributed by atoms with Crippen LogP contribution >= 0.6 is 0 Å². The summed E-state index contributed by atoms with van der Waals surface area (Å²) < 4.78 is 181. The molecule has 51 nitrogen and oxygen atoms in total. The molecule has 0 aliphatic rings. The van der Waals surface area contributed by atoms with Gasteiger partial charge in [0, 0.05) is 137 Å². The molecule has 2 aromatic carbocycles. The maximum Gasteiger partial charge on any atom is 0.303 e. The molecule has 0 bridgehead atoms. The van der Waals surface area contributed by atoms with Crippen molar-refractivity contribution in [3.05, 3.63) is 47.5 Å². The molecule has 51 heteroatoms. The average Bonchev–Trinajstić information content (AvgIpc) is 0.798. The number of hydrogen-bond acceptors (Lipinski definition) is 51. The maximum absolute atomic E-state index is 16.1. The number of ether oxygens (including phenoxy) is 32. The van der Waals surface area contributed by atoms with Crippen molar-refractivity contribution in [3.8, 4) is 23.0 Å². The Morgan fingerprint density at radius 3 is 0.528 bits per heavy atom. The van der Waals surface area contributed by atoms with Gasteiger partial charge in [0.25, 0.3) is 0 Å². The minimum atomic E-state index is -1.43. The maximum atomic E-state index is 16.1. The first kappa shape index (κ1) is 125. The van der Waals surface area contributed by atoms with E-state index in [1.807, 2.05) is 0 Å². The molecule has 2 aromatic rings. The van der Waals surface area contributed by atoms with Crippen molar-refractivity contribution in [2.45, 2.75) is 210 Å². The molecule has 0 saturated heterocycles. The molecule has 0 aliphatic heterocycles. The van der Waals surface area contributed by atoms with Gasteiger partial charge in [-0.3, -0.25) is 91.1 Å². The highest BCUT2D eigenvalue weighted by atomic mass is 16.7. The third-order valence-corrected chi connectivity index (χ3v) is 16.9. The lowest BCUT2D eigenvalue weighted by Gasteiger charge is -2.26. The Bertz CT molecular complexity index is 4300. The van der Waals surface area contributed by atoms with E-state index in [1.54, 1.807) is 0 Å². The zero-order valence-electron chi connectivity index (χ0n) is 82.7. The summed E-state index contributed by atoms with van der Waals surface area (Å²) in [5, 5.41) is 0. The van der Waals surface area contributed by atoms with Crippen molar-refractivity contribution in [1.82, 2.24) is 0 Å². The van der Waals surface area contributed by atoms with Gasteiger partial charge in [-0.05, 0) is 24.3 Å². The molecule has 0 fully saturated rings. The van der Waals surface area contributed by atoms with Crippen LogP contribution in [0.2, 0.25) is 0 Å². The van der Waals surface area contributed by atoms with Crippen molar-refractivity contribution in [3.63, 3.8) is 0 Å². The smallest absolute Gasteiger partial charge is 0.303 e. The SMILES string of the molecule is CC(=O)OCC(COC(COCC(COC(C)=O)OC(C)=O)COc1ccc(C(=O)c2ccc(OCC(COCC(COC(C)=O)OC(C)=O)OC(C)=O)cc2OCC(COCC(COC(C)=O)OC(C)=O)OCC(COCC(COC(C)=O)OC(C)=O)OCC(COC(C)=O)OC(C)=O)c(OCC(COCC(COCC(COC(C)=O)OC(C)=O)OC(C)=O)OC(C)=O)c1)OCC(COC(C)=O)OC(C)=O. The van der Waals surface area contributed by atoms with Crippen LogP contribution in [-0.2, 0) is 219 Å². The van der Waals surface area contributed by atoms with Gasteiger partial charge in [-0.1, -0.05) is 0 Å². The molecule has 142 heavy (non-hydrogen) atoms. The molecule has 14 atom stereocenters. The van der Waals surface area contributed by atoms with Gasteiger partial charge in [-0.2, -0.15) is 0 Å². The number of rotatable bonds is 76. The highest BCUT2D eigenvalue weighted by molar-refractivity contribution is 6.12. The van der Waals surface area contributed by atoms with Crippen LogP contribution in [0.5, 0.6) is 23.0 Å².